The van der Waals surface area contributed by atoms with Gasteiger partial charge in [0.2, 0.25) is 5.91 Å². The number of rotatable bonds is 5. The summed E-state index contributed by atoms with van der Waals surface area (Å²) in [6.45, 7) is 0.0861. The second kappa shape index (κ2) is 7.47. The van der Waals surface area contributed by atoms with Gasteiger partial charge in [-0.2, -0.15) is 0 Å². The van der Waals surface area contributed by atoms with Crippen molar-refractivity contribution in [3.63, 3.8) is 0 Å². The smallest absolute Gasteiger partial charge is 0.337 e. The number of carbonyl (C=O) groups is 2. The molecule has 0 fully saturated rings. The van der Waals surface area contributed by atoms with Gasteiger partial charge in [0.1, 0.15) is 0 Å². The molecule has 6 heteroatoms. The van der Waals surface area contributed by atoms with Gasteiger partial charge in [0.25, 0.3) is 0 Å². The van der Waals surface area contributed by atoms with E-state index in [0.717, 1.165) is 5.69 Å². The molecule has 0 aliphatic carbocycles. The Morgan fingerprint density at radius 2 is 1.82 bits per heavy atom. The fourth-order valence-electron chi connectivity index (χ4n) is 1.83. The first-order valence-electron chi connectivity index (χ1n) is 6.56. The summed E-state index contributed by atoms with van der Waals surface area (Å²) >= 11 is 5.87. The van der Waals surface area contributed by atoms with Crippen LogP contribution in [0.3, 0.4) is 0 Å². The van der Waals surface area contributed by atoms with E-state index in [0.29, 0.717) is 16.3 Å². The lowest BCUT2D eigenvalue weighted by Gasteiger charge is -2.09. The van der Waals surface area contributed by atoms with Gasteiger partial charge in [0.05, 0.1) is 19.2 Å². The maximum absolute atomic E-state index is 11.9. The van der Waals surface area contributed by atoms with Crippen LogP contribution in [0.25, 0.3) is 0 Å². The molecule has 0 unspecified atom stereocenters. The topological polar surface area (TPSA) is 67.4 Å². The Labute approximate surface area is 133 Å². The number of hydrogen-bond acceptors (Lipinski definition) is 4. The second-order valence-electron chi connectivity index (χ2n) is 4.48. The molecule has 0 bridgehead atoms. The van der Waals surface area contributed by atoms with Crippen LogP contribution in [0.2, 0.25) is 5.02 Å². The van der Waals surface area contributed by atoms with Gasteiger partial charge in [0.15, 0.2) is 0 Å². The SMILES string of the molecule is COC(=O)c1cccc(NC(=O)CNc2cccc(Cl)c2)c1. The number of amides is 1. The van der Waals surface area contributed by atoms with Crippen LogP contribution in [0.4, 0.5) is 11.4 Å². The van der Waals surface area contributed by atoms with Crippen molar-refractivity contribution in [2.45, 2.75) is 0 Å². The van der Waals surface area contributed by atoms with E-state index in [-0.39, 0.29) is 12.5 Å². The Hall–Kier alpha value is -2.53. The first kappa shape index (κ1) is 15.9. The van der Waals surface area contributed by atoms with Gasteiger partial charge < -0.3 is 15.4 Å². The normalized spacial score (nSPS) is 9.91. The highest BCUT2D eigenvalue weighted by Gasteiger charge is 2.07. The number of nitrogens with one attached hydrogen (secondary N) is 2. The average Bonchev–Trinajstić information content (AvgIpc) is 2.52. The molecule has 2 aromatic rings. The van der Waals surface area contributed by atoms with Crippen molar-refractivity contribution in [3.8, 4) is 0 Å². The molecule has 0 heterocycles. The molecule has 0 saturated carbocycles. The Morgan fingerprint density at radius 1 is 1.09 bits per heavy atom. The minimum Gasteiger partial charge on any atom is -0.465 e. The van der Waals surface area contributed by atoms with E-state index >= 15 is 0 Å². The Balaban J connectivity index is 1.93. The quantitative estimate of drug-likeness (QED) is 0.831. The van der Waals surface area contributed by atoms with Crippen LogP contribution >= 0.6 is 11.6 Å². The predicted octanol–water partition coefficient (Wildman–Crippen LogP) is 3.18. The summed E-state index contributed by atoms with van der Waals surface area (Å²) < 4.78 is 4.64. The Morgan fingerprint density at radius 3 is 2.55 bits per heavy atom. The number of anilines is 2. The summed E-state index contributed by atoms with van der Waals surface area (Å²) in [5.41, 5.74) is 1.66. The molecule has 114 valence electrons. The zero-order chi connectivity index (χ0) is 15.9. The van der Waals surface area contributed by atoms with Gasteiger partial charge in [-0.25, -0.2) is 4.79 Å². The van der Waals surface area contributed by atoms with Gasteiger partial charge >= 0.3 is 5.97 Å². The highest BCUT2D eigenvalue weighted by molar-refractivity contribution is 6.30. The van der Waals surface area contributed by atoms with E-state index in [9.17, 15) is 9.59 Å². The van der Waals surface area contributed by atoms with Crippen LogP contribution < -0.4 is 10.6 Å². The second-order valence-corrected chi connectivity index (χ2v) is 4.92. The predicted molar refractivity (Wildman–Crippen MR) is 86.4 cm³/mol. The molecule has 0 saturated heterocycles. The standard InChI is InChI=1S/C16H15ClN2O3/c1-22-16(21)11-4-2-7-14(8-11)19-15(20)10-18-13-6-3-5-12(17)9-13/h2-9,18H,10H2,1H3,(H,19,20). The summed E-state index contributed by atoms with van der Waals surface area (Å²) in [5.74, 6) is -0.685. The van der Waals surface area contributed by atoms with Crippen LogP contribution in [0.1, 0.15) is 10.4 Å². The lowest BCUT2D eigenvalue weighted by atomic mass is 10.2. The third-order valence-electron chi connectivity index (χ3n) is 2.85. The van der Waals surface area contributed by atoms with E-state index < -0.39 is 5.97 Å². The number of hydrogen-bond donors (Lipinski definition) is 2. The Kier molecular flexibility index (Phi) is 5.38. The van der Waals surface area contributed by atoms with Crippen molar-refractivity contribution in [3.05, 3.63) is 59.1 Å². The Bertz CT molecular complexity index is 689. The number of benzene rings is 2. The molecule has 5 nitrogen and oxygen atoms in total. The lowest BCUT2D eigenvalue weighted by Crippen LogP contribution is -2.21. The molecular weight excluding hydrogens is 304 g/mol. The van der Waals surface area contributed by atoms with Crippen molar-refractivity contribution in [1.29, 1.82) is 0 Å². The third-order valence-corrected chi connectivity index (χ3v) is 3.08. The molecule has 2 aromatic carbocycles. The van der Waals surface area contributed by atoms with E-state index in [4.69, 9.17) is 11.6 Å². The first-order valence-corrected chi connectivity index (χ1v) is 6.94. The molecule has 0 aromatic heterocycles. The van der Waals surface area contributed by atoms with Crippen molar-refractivity contribution >= 4 is 34.9 Å². The van der Waals surface area contributed by atoms with Crippen molar-refractivity contribution < 1.29 is 14.3 Å². The fourth-order valence-corrected chi connectivity index (χ4v) is 2.02. The van der Waals surface area contributed by atoms with Gasteiger partial charge in [-0.3, -0.25) is 4.79 Å². The summed E-state index contributed by atoms with van der Waals surface area (Å²) in [4.78, 5) is 23.3. The molecule has 22 heavy (non-hydrogen) atoms. The molecule has 0 radical (unpaired) electrons. The molecule has 0 aliphatic rings. The molecule has 0 atom stereocenters. The van der Waals surface area contributed by atoms with Crippen LogP contribution in [0.15, 0.2) is 48.5 Å². The largest absolute Gasteiger partial charge is 0.465 e. The number of methoxy groups -OCH3 is 1. The summed E-state index contributed by atoms with van der Waals surface area (Å²) in [7, 11) is 1.31. The molecular formula is C16H15ClN2O3. The van der Waals surface area contributed by atoms with Crippen LogP contribution in [-0.2, 0) is 9.53 Å². The average molecular weight is 319 g/mol. The minimum absolute atomic E-state index is 0.0861. The van der Waals surface area contributed by atoms with Gasteiger partial charge in [-0.05, 0) is 36.4 Å². The monoisotopic (exact) mass is 318 g/mol. The highest BCUT2D eigenvalue weighted by Crippen LogP contribution is 2.15. The van der Waals surface area contributed by atoms with Gasteiger partial charge in [-0.15, -0.1) is 0 Å². The van der Waals surface area contributed by atoms with Crippen LogP contribution in [0, 0.1) is 0 Å². The van der Waals surface area contributed by atoms with Crippen LogP contribution in [-0.4, -0.2) is 25.5 Å². The molecule has 0 aliphatic heterocycles. The van der Waals surface area contributed by atoms with Gasteiger partial charge in [-0.1, -0.05) is 23.7 Å². The molecule has 0 spiro atoms. The van der Waals surface area contributed by atoms with E-state index in [1.807, 2.05) is 6.07 Å². The summed E-state index contributed by atoms with van der Waals surface area (Å²) in [6.07, 6.45) is 0. The van der Waals surface area contributed by atoms with Crippen LogP contribution in [0.5, 0.6) is 0 Å². The lowest BCUT2D eigenvalue weighted by molar-refractivity contribution is -0.114. The molecule has 2 rings (SSSR count). The fraction of sp³-hybridized carbons (Fsp3) is 0.125. The van der Waals surface area contributed by atoms with Gasteiger partial charge in [0, 0.05) is 16.4 Å². The maximum atomic E-state index is 11.9. The summed E-state index contributed by atoms with van der Waals surface area (Å²) in [6, 6.07) is 13.6. The highest BCUT2D eigenvalue weighted by atomic mass is 35.5. The van der Waals surface area contributed by atoms with E-state index in [1.54, 1.807) is 42.5 Å². The first-order chi connectivity index (χ1) is 10.6. The number of halogens is 1. The molecule has 2 N–H and O–H groups in total. The zero-order valence-electron chi connectivity index (χ0n) is 11.9. The minimum atomic E-state index is -0.451. The van der Waals surface area contributed by atoms with Crippen molar-refractivity contribution in [2.24, 2.45) is 0 Å². The number of esters is 1. The zero-order valence-corrected chi connectivity index (χ0v) is 12.7. The summed E-state index contributed by atoms with van der Waals surface area (Å²) in [5, 5.41) is 6.26. The maximum Gasteiger partial charge on any atom is 0.337 e. The van der Waals surface area contributed by atoms with Crippen molar-refractivity contribution in [1.82, 2.24) is 0 Å². The number of carbonyl (C=O) groups excluding carboxylic acids is 2. The van der Waals surface area contributed by atoms with E-state index in [1.165, 1.54) is 7.11 Å². The molecule has 1 amide bonds. The number of ether oxygens (including phenoxy) is 1. The van der Waals surface area contributed by atoms with Crippen molar-refractivity contribution in [2.75, 3.05) is 24.3 Å². The van der Waals surface area contributed by atoms with E-state index in [2.05, 4.69) is 15.4 Å². The third kappa shape index (κ3) is 4.49.